The van der Waals surface area contributed by atoms with Gasteiger partial charge in [-0.15, -0.1) is 0 Å². The Morgan fingerprint density at radius 1 is 1.40 bits per heavy atom. The first-order valence-corrected chi connectivity index (χ1v) is 8.66. The van der Waals surface area contributed by atoms with Crippen LogP contribution in [0, 0.1) is 0 Å². The maximum atomic E-state index is 10.9. The van der Waals surface area contributed by atoms with Crippen LogP contribution in [0.2, 0.25) is 0 Å². The van der Waals surface area contributed by atoms with Gasteiger partial charge in [0.25, 0.3) is 0 Å². The van der Waals surface area contributed by atoms with Gasteiger partial charge in [0.1, 0.15) is 9.84 Å². The molecule has 0 aliphatic carbocycles. The summed E-state index contributed by atoms with van der Waals surface area (Å²) in [4.78, 5) is 0. The summed E-state index contributed by atoms with van der Waals surface area (Å²) in [5, 5.41) is 3.34. The number of thioether (sulfide) groups is 1. The highest BCUT2D eigenvalue weighted by molar-refractivity contribution is 7.99. The first-order chi connectivity index (χ1) is 6.95. The Labute approximate surface area is 98.3 Å². The molecule has 0 bridgehead atoms. The highest BCUT2D eigenvalue weighted by Gasteiger charge is 2.06. The summed E-state index contributed by atoms with van der Waals surface area (Å²) in [6, 6.07) is 0.298. The smallest absolute Gasteiger partial charge is 0.147 e. The summed E-state index contributed by atoms with van der Waals surface area (Å²) < 4.78 is 21.8. The van der Waals surface area contributed by atoms with Gasteiger partial charge in [-0.2, -0.15) is 11.8 Å². The summed E-state index contributed by atoms with van der Waals surface area (Å²) in [6.07, 6.45) is 3.15. The van der Waals surface area contributed by atoms with E-state index < -0.39 is 9.84 Å². The molecule has 0 fully saturated rings. The molecule has 0 spiro atoms. The highest BCUT2D eigenvalue weighted by Crippen LogP contribution is 2.00. The SMILES string of the molecule is CCSCCCNC(C)CCS(C)(=O)=O. The second-order valence-electron chi connectivity index (χ2n) is 3.82. The first-order valence-electron chi connectivity index (χ1n) is 5.44. The molecule has 0 radical (unpaired) electrons. The third-order valence-electron chi connectivity index (χ3n) is 2.08. The molecule has 1 N–H and O–H groups in total. The Kier molecular flexibility index (Phi) is 8.56. The fourth-order valence-electron chi connectivity index (χ4n) is 1.16. The third-order valence-corrected chi connectivity index (χ3v) is 4.05. The molecular formula is C10H23NO2S2. The number of sulfone groups is 1. The lowest BCUT2D eigenvalue weighted by Gasteiger charge is -2.12. The molecule has 0 amide bonds. The van der Waals surface area contributed by atoms with Crippen molar-refractivity contribution in [2.45, 2.75) is 32.7 Å². The molecule has 0 rings (SSSR count). The van der Waals surface area contributed by atoms with Gasteiger partial charge in [0.05, 0.1) is 5.75 Å². The molecule has 0 saturated heterocycles. The molecule has 5 heteroatoms. The van der Waals surface area contributed by atoms with Gasteiger partial charge in [-0.3, -0.25) is 0 Å². The summed E-state index contributed by atoms with van der Waals surface area (Å²) in [5.41, 5.74) is 0. The van der Waals surface area contributed by atoms with Crippen LogP contribution in [0.25, 0.3) is 0 Å². The molecule has 0 aliphatic rings. The van der Waals surface area contributed by atoms with Gasteiger partial charge in [0.15, 0.2) is 0 Å². The van der Waals surface area contributed by atoms with E-state index in [4.69, 9.17) is 0 Å². The molecule has 0 aromatic heterocycles. The highest BCUT2D eigenvalue weighted by atomic mass is 32.2. The van der Waals surface area contributed by atoms with Crippen molar-refractivity contribution in [2.75, 3.05) is 30.1 Å². The summed E-state index contributed by atoms with van der Waals surface area (Å²) in [7, 11) is -2.80. The Morgan fingerprint density at radius 2 is 2.07 bits per heavy atom. The predicted molar refractivity (Wildman–Crippen MR) is 69.4 cm³/mol. The molecule has 0 heterocycles. The monoisotopic (exact) mass is 253 g/mol. The van der Waals surface area contributed by atoms with Gasteiger partial charge in [0, 0.05) is 12.3 Å². The van der Waals surface area contributed by atoms with E-state index in [0.29, 0.717) is 12.5 Å². The van der Waals surface area contributed by atoms with Crippen LogP contribution in [0.1, 0.15) is 26.7 Å². The Hall–Kier alpha value is 0.260. The molecule has 1 unspecified atom stereocenters. The van der Waals surface area contributed by atoms with Crippen molar-refractivity contribution in [1.29, 1.82) is 0 Å². The minimum absolute atomic E-state index is 0.283. The fraction of sp³-hybridized carbons (Fsp3) is 1.00. The van der Waals surface area contributed by atoms with E-state index >= 15 is 0 Å². The van der Waals surface area contributed by atoms with Crippen molar-refractivity contribution in [3.05, 3.63) is 0 Å². The average Bonchev–Trinajstić information content (AvgIpc) is 2.13. The van der Waals surface area contributed by atoms with Crippen molar-refractivity contribution < 1.29 is 8.42 Å². The van der Waals surface area contributed by atoms with Crippen LogP contribution in [0.15, 0.2) is 0 Å². The van der Waals surface area contributed by atoms with Crippen molar-refractivity contribution in [1.82, 2.24) is 5.32 Å². The van der Waals surface area contributed by atoms with E-state index in [-0.39, 0.29) is 5.75 Å². The van der Waals surface area contributed by atoms with Gasteiger partial charge < -0.3 is 5.32 Å². The van der Waals surface area contributed by atoms with Crippen LogP contribution < -0.4 is 5.32 Å². The maximum Gasteiger partial charge on any atom is 0.147 e. The Bertz CT molecular complexity index is 240. The summed E-state index contributed by atoms with van der Waals surface area (Å²) in [6.45, 7) is 5.18. The number of hydrogen-bond donors (Lipinski definition) is 1. The van der Waals surface area contributed by atoms with E-state index in [9.17, 15) is 8.42 Å². The standard InChI is InChI=1S/C10H23NO2S2/c1-4-14-8-5-7-11-10(2)6-9-15(3,12)13/h10-11H,4-9H2,1-3H3. The van der Waals surface area contributed by atoms with E-state index in [2.05, 4.69) is 12.2 Å². The molecule has 1 atom stereocenters. The molecule has 15 heavy (non-hydrogen) atoms. The number of rotatable bonds is 9. The molecule has 92 valence electrons. The van der Waals surface area contributed by atoms with Gasteiger partial charge in [0.2, 0.25) is 0 Å². The molecule has 0 saturated carbocycles. The molecule has 0 aromatic rings. The van der Waals surface area contributed by atoms with E-state index in [1.54, 1.807) is 0 Å². The summed E-state index contributed by atoms with van der Waals surface area (Å²) >= 11 is 1.94. The van der Waals surface area contributed by atoms with Crippen LogP contribution in [-0.2, 0) is 9.84 Å². The molecule has 0 aromatic carbocycles. The third kappa shape index (κ3) is 12.2. The van der Waals surface area contributed by atoms with E-state index in [1.165, 1.54) is 17.8 Å². The minimum atomic E-state index is -2.80. The molecular weight excluding hydrogens is 230 g/mol. The van der Waals surface area contributed by atoms with Gasteiger partial charge in [-0.1, -0.05) is 6.92 Å². The lowest BCUT2D eigenvalue weighted by atomic mass is 10.2. The minimum Gasteiger partial charge on any atom is -0.314 e. The lowest BCUT2D eigenvalue weighted by molar-refractivity contribution is 0.528. The number of nitrogens with one attached hydrogen (secondary N) is 1. The van der Waals surface area contributed by atoms with Gasteiger partial charge >= 0.3 is 0 Å². The second kappa shape index (κ2) is 8.42. The maximum absolute atomic E-state index is 10.9. The average molecular weight is 253 g/mol. The van der Waals surface area contributed by atoms with Crippen molar-refractivity contribution >= 4 is 21.6 Å². The lowest BCUT2D eigenvalue weighted by Crippen LogP contribution is -2.29. The molecule has 0 aliphatic heterocycles. The zero-order valence-electron chi connectivity index (χ0n) is 9.95. The summed E-state index contributed by atoms with van der Waals surface area (Å²) in [5.74, 6) is 2.64. The molecule has 3 nitrogen and oxygen atoms in total. The first kappa shape index (κ1) is 15.3. The van der Waals surface area contributed by atoms with Gasteiger partial charge in [-0.05, 0) is 37.8 Å². The van der Waals surface area contributed by atoms with Crippen LogP contribution in [0.4, 0.5) is 0 Å². The normalized spacial score (nSPS) is 14.1. The zero-order chi connectivity index (χ0) is 11.7. The second-order valence-corrected chi connectivity index (χ2v) is 7.48. The van der Waals surface area contributed by atoms with Crippen LogP contribution in [-0.4, -0.2) is 44.5 Å². The van der Waals surface area contributed by atoms with Gasteiger partial charge in [-0.25, -0.2) is 8.42 Å². The fourth-order valence-corrected chi connectivity index (χ4v) is 2.58. The van der Waals surface area contributed by atoms with Crippen molar-refractivity contribution in [3.63, 3.8) is 0 Å². The zero-order valence-corrected chi connectivity index (χ0v) is 11.6. The Morgan fingerprint density at radius 3 is 2.60 bits per heavy atom. The largest absolute Gasteiger partial charge is 0.314 e. The Balaban J connectivity index is 3.37. The topological polar surface area (TPSA) is 46.2 Å². The van der Waals surface area contributed by atoms with Crippen molar-refractivity contribution in [3.8, 4) is 0 Å². The van der Waals surface area contributed by atoms with E-state index in [1.807, 2.05) is 18.7 Å². The van der Waals surface area contributed by atoms with E-state index in [0.717, 1.165) is 13.0 Å². The predicted octanol–water partition coefficient (Wildman–Crippen LogP) is 1.54. The van der Waals surface area contributed by atoms with Crippen LogP contribution >= 0.6 is 11.8 Å². The quantitative estimate of drug-likeness (QED) is 0.633. The van der Waals surface area contributed by atoms with Crippen LogP contribution in [0.3, 0.4) is 0 Å². The van der Waals surface area contributed by atoms with Crippen LogP contribution in [0.5, 0.6) is 0 Å². The number of hydrogen-bond acceptors (Lipinski definition) is 4. The van der Waals surface area contributed by atoms with Crippen molar-refractivity contribution in [2.24, 2.45) is 0 Å².